The molecule has 1 aliphatic heterocycles. The van der Waals surface area contributed by atoms with Crippen molar-refractivity contribution in [2.24, 2.45) is 0 Å². The van der Waals surface area contributed by atoms with Crippen LogP contribution in [0.15, 0.2) is 91.0 Å². The molecule has 4 N–H and O–H groups in total. The molecule has 0 bridgehead atoms. The molecule has 0 unspecified atom stereocenters. The highest BCUT2D eigenvalue weighted by Crippen LogP contribution is 2.41. The molecule has 3 aromatic carbocycles. The Bertz CT molecular complexity index is 966. The molecular formula is C27H29NO6. The number of hydrogen-bond acceptors (Lipinski definition) is 6. The number of hydrogen-bond donors (Lipinski definition) is 4. The SMILES string of the molecule is CC(=O)N[C@H]1[C@@H](O)[C@H](O)[C@H](COC(c2ccccc2)(c2ccccc2)c2ccccc2)O[C@@H]1O. The van der Waals surface area contributed by atoms with Crippen molar-refractivity contribution >= 4 is 5.91 Å². The smallest absolute Gasteiger partial charge is 0.217 e. The molecule has 178 valence electrons. The standard InChI is InChI=1S/C27H29NO6/c1-18(29)28-23-25(31)24(30)22(34-26(23)32)17-33-27(19-11-5-2-6-12-19,20-13-7-3-8-14-20)21-15-9-4-10-16-21/h2-16,22-26,30-32H,17H2,1H3,(H,28,29)/t22-,23-,24+,25+,26-/m0/s1. The summed E-state index contributed by atoms with van der Waals surface area (Å²) in [6, 6.07) is 28.0. The van der Waals surface area contributed by atoms with Gasteiger partial charge in [-0.3, -0.25) is 4.79 Å². The van der Waals surface area contributed by atoms with Gasteiger partial charge in [0, 0.05) is 6.92 Å². The minimum atomic E-state index is -1.50. The average Bonchev–Trinajstić information content (AvgIpc) is 2.87. The largest absolute Gasteiger partial charge is 0.388 e. The number of benzene rings is 3. The highest BCUT2D eigenvalue weighted by atomic mass is 16.6. The van der Waals surface area contributed by atoms with E-state index in [0.717, 1.165) is 16.7 Å². The number of amides is 1. The summed E-state index contributed by atoms with van der Waals surface area (Å²) in [5, 5.41) is 34.1. The van der Waals surface area contributed by atoms with Gasteiger partial charge >= 0.3 is 0 Å². The molecule has 4 rings (SSSR count). The maximum atomic E-state index is 11.4. The van der Waals surface area contributed by atoms with Crippen LogP contribution < -0.4 is 5.32 Å². The Morgan fingerprint density at radius 2 is 1.26 bits per heavy atom. The highest BCUT2D eigenvalue weighted by Gasteiger charge is 2.46. The van der Waals surface area contributed by atoms with Gasteiger partial charge in [-0.1, -0.05) is 91.0 Å². The van der Waals surface area contributed by atoms with Gasteiger partial charge in [-0.25, -0.2) is 0 Å². The molecule has 1 fully saturated rings. The van der Waals surface area contributed by atoms with Crippen LogP contribution in [0, 0.1) is 0 Å². The normalized spacial score (nSPS) is 25.0. The van der Waals surface area contributed by atoms with E-state index >= 15 is 0 Å². The first-order chi connectivity index (χ1) is 16.4. The lowest BCUT2D eigenvalue weighted by Crippen LogP contribution is -2.64. The first-order valence-corrected chi connectivity index (χ1v) is 11.2. The zero-order valence-corrected chi connectivity index (χ0v) is 18.8. The molecule has 3 aromatic rings. The first-order valence-electron chi connectivity index (χ1n) is 11.2. The molecular weight excluding hydrogens is 434 g/mol. The van der Waals surface area contributed by atoms with E-state index in [1.807, 2.05) is 91.0 Å². The summed E-state index contributed by atoms with van der Waals surface area (Å²) in [7, 11) is 0. The Morgan fingerprint density at radius 3 is 1.68 bits per heavy atom. The van der Waals surface area contributed by atoms with Gasteiger partial charge in [0.05, 0.1) is 6.61 Å². The fraction of sp³-hybridized carbons (Fsp3) is 0.296. The summed E-state index contributed by atoms with van der Waals surface area (Å²) < 4.78 is 12.2. The molecule has 0 spiro atoms. The summed E-state index contributed by atoms with van der Waals surface area (Å²) in [5.41, 5.74) is 1.57. The fourth-order valence-electron chi connectivity index (χ4n) is 4.45. The second kappa shape index (κ2) is 10.5. The van der Waals surface area contributed by atoms with Crippen LogP contribution in [-0.4, -0.2) is 58.5 Å². The molecule has 0 aliphatic carbocycles. The topological polar surface area (TPSA) is 108 Å². The van der Waals surface area contributed by atoms with Crippen molar-refractivity contribution in [2.75, 3.05) is 6.61 Å². The minimum Gasteiger partial charge on any atom is -0.388 e. The maximum absolute atomic E-state index is 11.4. The van der Waals surface area contributed by atoms with Crippen LogP contribution in [0.25, 0.3) is 0 Å². The van der Waals surface area contributed by atoms with E-state index in [1.54, 1.807) is 0 Å². The van der Waals surface area contributed by atoms with Crippen molar-refractivity contribution < 1.29 is 29.6 Å². The predicted octanol–water partition coefficient (Wildman–Crippen LogP) is 1.94. The van der Waals surface area contributed by atoms with Gasteiger partial charge in [-0.2, -0.15) is 0 Å². The second-order valence-electron chi connectivity index (χ2n) is 8.36. The number of nitrogens with one attached hydrogen (secondary N) is 1. The molecule has 0 radical (unpaired) electrons. The average molecular weight is 464 g/mol. The number of aliphatic hydroxyl groups excluding tert-OH is 3. The predicted molar refractivity (Wildman–Crippen MR) is 126 cm³/mol. The van der Waals surface area contributed by atoms with Crippen molar-refractivity contribution in [1.29, 1.82) is 0 Å². The Morgan fingerprint density at radius 1 is 0.824 bits per heavy atom. The van der Waals surface area contributed by atoms with E-state index in [4.69, 9.17) is 9.47 Å². The number of rotatable bonds is 7. The van der Waals surface area contributed by atoms with Gasteiger partial charge in [0.1, 0.15) is 30.0 Å². The van der Waals surface area contributed by atoms with Crippen LogP contribution in [0.5, 0.6) is 0 Å². The molecule has 1 amide bonds. The van der Waals surface area contributed by atoms with Crippen molar-refractivity contribution in [3.8, 4) is 0 Å². The van der Waals surface area contributed by atoms with E-state index < -0.39 is 42.2 Å². The van der Waals surface area contributed by atoms with Crippen molar-refractivity contribution in [1.82, 2.24) is 5.32 Å². The van der Waals surface area contributed by atoms with Crippen LogP contribution in [0.3, 0.4) is 0 Å². The number of ether oxygens (including phenoxy) is 2. The van der Waals surface area contributed by atoms with E-state index in [-0.39, 0.29) is 6.61 Å². The molecule has 0 aromatic heterocycles. The van der Waals surface area contributed by atoms with Crippen LogP contribution in [0.4, 0.5) is 0 Å². The van der Waals surface area contributed by atoms with Crippen molar-refractivity contribution in [3.05, 3.63) is 108 Å². The van der Waals surface area contributed by atoms with Crippen LogP contribution in [0.2, 0.25) is 0 Å². The number of carbonyl (C=O) groups is 1. The molecule has 1 aliphatic rings. The van der Waals surface area contributed by atoms with Crippen LogP contribution in [0.1, 0.15) is 23.6 Å². The summed E-state index contributed by atoms with van der Waals surface area (Å²) in [4.78, 5) is 11.4. The third-order valence-corrected chi connectivity index (χ3v) is 6.10. The maximum Gasteiger partial charge on any atom is 0.217 e. The molecule has 5 atom stereocenters. The molecule has 1 saturated heterocycles. The van der Waals surface area contributed by atoms with Crippen LogP contribution >= 0.6 is 0 Å². The van der Waals surface area contributed by atoms with E-state index in [1.165, 1.54) is 6.92 Å². The first kappa shape index (κ1) is 24.1. The Balaban J connectivity index is 1.71. The van der Waals surface area contributed by atoms with E-state index in [0.29, 0.717) is 0 Å². The van der Waals surface area contributed by atoms with Crippen molar-refractivity contribution in [3.63, 3.8) is 0 Å². The molecule has 0 saturated carbocycles. The lowest BCUT2D eigenvalue weighted by atomic mass is 9.80. The summed E-state index contributed by atoms with van der Waals surface area (Å²) in [5.74, 6) is -0.454. The zero-order valence-electron chi connectivity index (χ0n) is 18.8. The van der Waals surface area contributed by atoms with Crippen LogP contribution in [-0.2, 0) is 19.9 Å². The van der Waals surface area contributed by atoms with Crippen molar-refractivity contribution in [2.45, 2.75) is 43.2 Å². The summed E-state index contributed by atoms with van der Waals surface area (Å²) >= 11 is 0. The number of aliphatic hydroxyl groups is 3. The fourth-order valence-corrected chi connectivity index (χ4v) is 4.45. The van der Waals surface area contributed by atoms with E-state index in [9.17, 15) is 20.1 Å². The van der Waals surface area contributed by atoms with E-state index in [2.05, 4.69) is 5.32 Å². The van der Waals surface area contributed by atoms with Gasteiger partial charge in [0.15, 0.2) is 6.29 Å². The Kier molecular flexibility index (Phi) is 7.41. The summed E-state index contributed by atoms with van der Waals surface area (Å²) in [6.07, 6.45) is -5.36. The van der Waals surface area contributed by atoms with Gasteiger partial charge in [0.25, 0.3) is 0 Å². The summed E-state index contributed by atoms with van der Waals surface area (Å²) in [6.45, 7) is 1.12. The third kappa shape index (κ3) is 4.75. The van der Waals surface area contributed by atoms with Gasteiger partial charge in [-0.15, -0.1) is 0 Å². The quantitative estimate of drug-likeness (QED) is 0.399. The third-order valence-electron chi connectivity index (χ3n) is 6.10. The van der Waals surface area contributed by atoms with Gasteiger partial charge < -0.3 is 30.1 Å². The Labute approximate surface area is 198 Å². The second-order valence-corrected chi connectivity index (χ2v) is 8.36. The van der Waals surface area contributed by atoms with Gasteiger partial charge in [-0.05, 0) is 16.7 Å². The monoisotopic (exact) mass is 463 g/mol. The zero-order chi connectivity index (χ0) is 24.1. The molecule has 7 nitrogen and oxygen atoms in total. The Hall–Kier alpha value is -3.07. The lowest BCUT2D eigenvalue weighted by Gasteiger charge is -2.43. The number of carbonyl (C=O) groups excluding carboxylic acids is 1. The van der Waals surface area contributed by atoms with Gasteiger partial charge in [0.2, 0.25) is 5.91 Å². The molecule has 7 heteroatoms. The molecule has 34 heavy (non-hydrogen) atoms. The highest BCUT2D eigenvalue weighted by molar-refractivity contribution is 5.73. The molecule has 1 heterocycles. The lowest BCUT2D eigenvalue weighted by molar-refractivity contribution is -0.261. The minimum absolute atomic E-state index is 0.138.